The number of hydrogen-bond donors (Lipinski definition) is 1. The van der Waals surface area contributed by atoms with E-state index in [2.05, 4.69) is 11.4 Å². The van der Waals surface area contributed by atoms with Crippen LogP contribution in [0.4, 0.5) is 0 Å². The summed E-state index contributed by atoms with van der Waals surface area (Å²) in [6.07, 6.45) is 8.69. The summed E-state index contributed by atoms with van der Waals surface area (Å²) in [6, 6.07) is 11.2. The summed E-state index contributed by atoms with van der Waals surface area (Å²) >= 11 is 0. The molecule has 0 saturated carbocycles. The predicted molar refractivity (Wildman–Crippen MR) is 140 cm³/mol. The van der Waals surface area contributed by atoms with Crippen molar-refractivity contribution < 1.29 is 19.1 Å². The lowest BCUT2D eigenvalue weighted by Crippen LogP contribution is -2.50. The maximum absolute atomic E-state index is 13.8. The summed E-state index contributed by atoms with van der Waals surface area (Å²) in [6.45, 7) is 6.14. The van der Waals surface area contributed by atoms with Gasteiger partial charge in [-0.25, -0.2) is 0 Å². The predicted octanol–water partition coefficient (Wildman–Crippen LogP) is 5.33. The number of nitrogens with one attached hydrogen (secondary N) is 1. The number of benzene rings is 2. The number of rotatable bonds is 8. The van der Waals surface area contributed by atoms with Crippen LogP contribution in [0, 0.1) is 0 Å². The van der Waals surface area contributed by atoms with E-state index < -0.39 is 5.92 Å². The van der Waals surface area contributed by atoms with Crippen LogP contribution in [0.15, 0.2) is 48.0 Å². The van der Waals surface area contributed by atoms with Gasteiger partial charge >= 0.3 is 0 Å². The molecule has 0 fully saturated rings. The number of nitrogens with zero attached hydrogens (tertiary/aromatic N) is 1. The van der Waals surface area contributed by atoms with Crippen LogP contribution in [0.2, 0.25) is 0 Å². The molecule has 0 radical (unpaired) electrons. The Morgan fingerprint density at radius 2 is 1.81 bits per heavy atom. The molecule has 0 spiro atoms. The molecular weight excluding hydrogens is 452 g/mol. The van der Waals surface area contributed by atoms with Crippen molar-refractivity contribution in [2.45, 2.75) is 64.3 Å². The van der Waals surface area contributed by atoms with Crippen molar-refractivity contribution in [3.8, 4) is 11.5 Å². The normalized spacial score (nSPS) is 20.6. The van der Waals surface area contributed by atoms with Crippen molar-refractivity contribution in [3.63, 3.8) is 0 Å². The van der Waals surface area contributed by atoms with Crippen molar-refractivity contribution in [1.29, 1.82) is 0 Å². The summed E-state index contributed by atoms with van der Waals surface area (Å²) in [4.78, 5) is 29.3. The number of carbonyl (C=O) groups excluding carboxylic acids is 2. The van der Waals surface area contributed by atoms with Crippen LogP contribution in [0.25, 0.3) is 0 Å². The monoisotopic (exact) mass is 488 g/mol. The Bertz CT molecular complexity index is 1170. The summed E-state index contributed by atoms with van der Waals surface area (Å²) in [5.74, 6) is 0.863. The fourth-order valence-corrected chi connectivity index (χ4v) is 5.94. The van der Waals surface area contributed by atoms with E-state index >= 15 is 0 Å². The molecule has 0 bridgehead atoms. The molecule has 2 aliphatic heterocycles. The van der Waals surface area contributed by atoms with Gasteiger partial charge in [-0.2, -0.15) is 0 Å². The van der Waals surface area contributed by atoms with Gasteiger partial charge in [0.1, 0.15) is 0 Å². The number of hydrogen-bond acceptors (Lipinski definition) is 4. The highest BCUT2D eigenvalue weighted by Crippen LogP contribution is 2.48. The van der Waals surface area contributed by atoms with Gasteiger partial charge in [0.15, 0.2) is 11.5 Å². The van der Waals surface area contributed by atoms with Crippen LogP contribution in [0.5, 0.6) is 11.5 Å². The highest BCUT2D eigenvalue weighted by atomic mass is 16.5. The van der Waals surface area contributed by atoms with E-state index in [9.17, 15) is 9.59 Å². The van der Waals surface area contributed by atoms with Gasteiger partial charge < -0.3 is 19.7 Å². The van der Waals surface area contributed by atoms with Crippen LogP contribution in [0.1, 0.15) is 85.0 Å². The maximum atomic E-state index is 13.8. The van der Waals surface area contributed by atoms with Crippen molar-refractivity contribution in [1.82, 2.24) is 10.2 Å². The number of fused-ring (bicyclic) bond motifs is 4. The summed E-state index contributed by atoms with van der Waals surface area (Å²) in [5.41, 5.74) is 4.96. The molecule has 190 valence electrons. The summed E-state index contributed by atoms with van der Waals surface area (Å²) in [5, 5.41) is 3.22. The van der Waals surface area contributed by atoms with Crippen LogP contribution in [-0.2, 0) is 11.2 Å². The second-order valence-corrected chi connectivity index (χ2v) is 9.77. The fourth-order valence-electron chi connectivity index (χ4n) is 5.94. The minimum atomic E-state index is -0.481. The van der Waals surface area contributed by atoms with E-state index in [1.807, 2.05) is 55.1 Å². The Labute approximate surface area is 213 Å². The molecule has 1 N–H and O–H groups in total. The van der Waals surface area contributed by atoms with Gasteiger partial charge in [0.2, 0.25) is 5.91 Å². The number of carbonyl (C=O) groups is 2. The van der Waals surface area contributed by atoms with E-state index in [0.717, 1.165) is 41.7 Å². The smallest absolute Gasteiger partial charge is 0.254 e. The van der Waals surface area contributed by atoms with Gasteiger partial charge in [0.05, 0.1) is 25.2 Å². The molecule has 36 heavy (non-hydrogen) atoms. The zero-order chi connectivity index (χ0) is 25.1. The van der Waals surface area contributed by atoms with Gasteiger partial charge in [0, 0.05) is 18.7 Å². The van der Waals surface area contributed by atoms with Crippen LogP contribution >= 0.6 is 0 Å². The highest BCUT2D eigenvalue weighted by Gasteiger charge is 2.46. The summed E-state index contributed by atoms with van der Waals surface area (Å²) < 4.78 is 11.8. The zero-order valence-corrected chi connectivity index (χ0v) is 21.3. The largest absolute Gasteiger partial charge is 0.490 e. The van der Waals surface area contributed by atoms with E-state index in [-0.39, 0.29) is 17.9 Å². The molecule has 2 atom stereocenters. The Kier molecular flexibility index (Phi) is 7.30. The van der Waals surface area contributed by atoms with Gasteiger partial charge in [-0.3, -0.25) is 9.59 Å². The molecule has 6 heteroatoms. The average Bonchev–Trinajstić information content (AvgIpc) is 2.90. The molecule has 6 nitrogen and oxygen atoms in total. The standard InChI is InChI=1S/C30H36N2O4/c1-3-35-25-18-21-15-17-32-28(24(21)19-26(25)36-4-2)27(22-12-8-9-13-23(22)30(32)34)29(33)31-16-14-20-10-6-5-7-11-20/h8-10,12-13,18-19,27-28H,3-7,11,14-17H2,1-2H3,(H,31,33). The van der Waals surface area contributed by atoms with Crippen molar-refractivity contribution in [2.24, 2.45) is 0 Å². The molecule has 1 aliphatic carbocycles. The minimum Gasteiger partial charge on any atom is -0.490 e. The Hall–Kier alpha value is -3.28. The molecule has 3 aliphatic rings. The van der Waals surface area contributed by atoms with Crippen LogP contribution in [0.3, 0.4) is 0 Å². The van der Waals surface area contributed by atoms with Gasteiger partial charge in [-0.15, -0.1) is 0 Å². The first-order valence-electron chi connectivity index (χ1n) is 13.4. The zero-order valence-electron chi connectivity index (χ0n) is 21.3. The number of allylic oxidation sites excluding steroid dienone is 1. The van der Waals surface area contributed by atoms with Crippen molar-refractivity contribution in [2.75, 3.05) is 26.3 Å². The first-order chi connectivity index (χ1) is 17.6. The highest BCUT2D eigenvalue weighted by molar-refractivity contribution is 6.01. The Morgan fingerprint density at radius 1 is 1.03 bits per heavy atom. The average molecular weight is 489 g/mol. The third-order valence-corrected chi connectivity index (χ3v) is 7.60. The van der Waals surface area contributed by atoms with Crippen molar-refractivity contribution >= 4 is 11.8 Å². The number of amides is 2. The summed E-state index contributed by atoms with van der Waals surface area (Å²) in [7, 11) is 0. The fraction of sp³-hybridized carbons (Fsp3) is 0.467. The molecular formula is C30H36N2O4. The Morgan fingerprint density at radius 3 is 2.56 bits per heavy atom. The molecule has 2 unspecified atom stereocenters. The van der Waals surface area contributed by atoms with E-state index in [0.29, 0.717) is 44.0 Å². The molecule has 0 aromatic heterocycles. The first kappa shape index (κ1) is 24.4. The molecule has 0 saturated heterocycles. The van der Waals surface area contributed by atoms with Crippen LogP contribution < -0.4 is 14.8 Å². The molecule has 2 aromatic carbocycles. The minimum absolute atomic E-state index is 0.00972. The van der Waals surface area contributed by atoms with E-state index in [1.165, 1.54) is 18.4 Å². The third kappa shape index (κ3) is 4.61. The molecule has 2 aromatic rings. The maximum Gasteiger partial charge on any atom is 0.254 e. The first-order valence-corrected chi connectivity index (χ1v) is 13.4. The topological polar surface area (TPSA) is 67.9 Å². The number of ether oxygens (including phenoxy) is 2. The second kappa shape index (κ2) is 10.8. The Balaban J connectivity index is 1.51. The van der Waals surface area contributed by atoms with E-state index in [4.69, 9.17) is 9.47 Å². The van der Waals surface area contributed by atoms with E-state index in [1.54, 1.807) is 0 Å². The van der Waals surface area contributed by atoms with Gasteiger partial charge in [-0.1, -0.05) is 29.8 Å². The lowest BCUT2D eigenvalue weighted by molar-refractivity contribution is -0.124. The molecule has 2 amide bonds. The lowest BCUT2D eigenvalue weighted by Gasteiger charge is -2.45. The third-order valence-electron chi connectivity index (χ3n) is 7.60. The van der Waals surface area contributed by atoms with Crippen molar-refractivity contribution in [3.05, 3.63) is 70.3 Å². The van der Waals surface area contributed by atoms with Gasteiger partial charge in [0.25, 0.3) is 5.91 Å². The lowest BCUT2D eigenvalue weighted by atomic mass is 9.75. The quantitative estimate of drug-likeness (QED) is 0.510. The molecule has 5 rings (SSSR count). The van der Waals surface area contributed by atoms with Crippen LogP contribution in [-0.4, -0.2) is 43.0 Å². The molecule has 2 heterocycles. The SMILES string of the molecule is CCOc1cc2c(cc1OCC)C1C(C(=O)NCCC3=CCCCC3)c3ccccc3C(=O)N1CC2. The second-order valence-electron chi connectivity index (χ2n) is 9.77. The van der Waals surface area contributed by atoms with Gasteiger partial charge in [-0.05, 0) is 87.3 Å².